The number of aromatic nitrogens is 3. The fourth-order valence-electron chi connectivity index (χ4n) is 4.22. The smallest absolute Gasteiger partial charge is 0.296 e. The summed E-state index contributed by atoms with van der Waals surface area (Å²) in [6.07, 6.45) is 0. The Bertz CT molecular complexity index is 1220. The molecule has 0 unspecified atom stereocenters. The van der Waals surface area contributed by atoms with Gasteiger partial charge in [0.15, 0.2) is 0 Å². The molecule has 1 amide bonds. The number of benzene rings is 3. The van der Waals surface area contributed by atoms with E-state index in [-0.39, 0.29) is 5.91 Å². The van der Waals surface area contributed by atoms with Gasteiger partial charge in [0, 0.05) is 38.6 Å². The Morgan fingerprint density at radius 2 is 1.66 bits per heavy atom. The summed E-state index contributed by atoms with van der Waals surface area (Å²) in [5.74, 6) is 0.911. The van der Waals surface area contributed by atoms with E-state index >= 15 is 0 Å². The van der Waals surface area contributed by atoms with Crippen LogP contribution in [0.4, 0.5) is 11.6 Å². The molecule has 3 aromatic carbocycles. The van der Waals surface area contributed by atoms with Crippen LogP contribution in [-0.4, -0.2) is 53.9 Å². The van der Waals surface area contributed by atoms with Gasteiger partial charge in [0.25, 0.3) is 5.91 Å². The van der Waals surface area contributed by atoms with Crippen molar-refractivity contribution in [1.82, 2.24) is 20.1 Å². The molecule has 1 aromatic heterocycles. The minimum Gasteiger partial charge on any atom is -0.338 e. The summed E-state index contributed by atoms with van der Waals surface area (Å²) in [4.78, 5) is 17.5. The number of fused-ring (bicyclic) bond motifs is 1. The monoisotopic (exact) mass is 426 g/mol. The Labute approximate surface area is 187 Å². The summed E-state index contributed by atoms with van der Waals surface area (Å²) < 4.78 is 1.95. The molecule has 0 bridgehead atoms. The quantitative estimate of drug-likeness (QED) is 0.531. The normalized spacial score (nSPS) is 14.0. The van der Waals surface area contributed by atoms with Gasteiger partial charge in [-0.2, -0.15) is 0 Å². The third-order valence-electron chi connectivity index (χ3n) is 5.94. The summed E-state index contributed by atoms with van der Waals surface area (Å²) in [5, 5.41) is 14.3. The first-order chi connectivity index (χ1) is 15.7. The number of hydrogen-bond acceptors (Lipinski definition) is 5. The standard InChI is InChI=1S/C25H26N6O/c1-29(22-13-7-11-20-10-5-6-12-21(20)22)24(32)23-27-28-25(30-16-14-26-15-17-30)31(23)18-19-8-3-2-4-9-19/h2-13,26H,14-18H2,1H3. The average Bonchev–Trinajstić information content (AvgIpc) is 3.27. The van der Waals surface area contributed by atoms with Crippen LogP contribution in [0.15, 0.2) is 72.8 Å². The van der Waals surface area contributed by atoms with Crippen molar-refractivity contribution >= 4 is 28.3 Å². The third kappa shape index (κ3) is 3.83. The van der Waals surface area contributed by atoms with Gasteiger partial charge in [-0.25, -0.2) is 0 Å². The molecule has 0 saturated carbocycles. The average molecular weight is 427 g/mol. The van der Waals surface area contributed by atoms with Crippen molar-refractivity contribution in [3.63, 3.8) is 0 Å². The van der Waals surface area contributed by atoms with Crippen LogP contribution < -0.4 is 15.1 Å². The molecule has 1 N–H and O–H groups in total. The van der Waals surface area contributed by atoms with Gasteiger partial charge in [-0.1, -0.05) is 66.7 Å². The maximum absolute atomic E-state index is 13.7. The third-order valence-corrected chi connectivity index (χ3v) is 5.94. The van der Waals surface area contributed by atoms with Gasteiger partial charge in [0.1, 0.15) is 0 Å². The summed E-state index contributed by atoms with van der Waals surface area (Å²) in [7, 11) is 1.80. The molecule has 1 aliphatic rings. The zero-order valence-corrected chi connectivity index (χ0v) is 18.1. The number of rotatable bonds is 5. The van der Waals surface area contributed by atoms with Gasteiger partial charge in [0.2, 0.25) is 11.8 Å². The van der Waals surface area contributed by atoms with Gasteiger partial charge < -0.3 is 15.1 Å². The van der Waals surface area contributed by atoms with E-state index < -0.39 is 0 Å². The number of carbonyl (C=O) groups is 1. The van der Waals surface area contributed by atoms with Crippen LogP contribution in [0.5, 0.6) is 0 Å². The van der Waals surface area contributed by atoms with Crippen molar-refractivity contribution in [2.75, 3.05) is 43.0 Å². The first-order valence-corrected chi connectivity index (χ1v) is 10.9. The van der Waals surface area contributed by atoms with Crippen LogP contribution in [0.25, 0.3) is 10.8 Å². The zero-order valence-electron chi connectivity index (χ0n) is 18.1. The van der Waals surface area contributed by atoms with E-state index in [2.05, 4.69) is 44.7 Å². The molecule has 2 heterocycles. The van der Waals surface area contributed by atoms with Crippen LogP contribution >= 0.6 is 0 Å². The lowest BCUT2D eigenvalue weighted by Crippen LogP contribution is -2.44. The van der Waals surface area contributed by atoms with Crippen molar-refractivity contribution in [3.8, 4) is 0 Å². The van der Waals surface area contributed by atoms with Gasteiger partial charge in [0.05, 0.1) is 12.2 Å². The minimum atomic E-state index is -0.175. The second-order valence-corrected chi connectivity index (χ2v) is 7.99. The molecule has 0 aliphatic carbocycles. The van der Waals surface area contributed by atoms with Crippen molar-refractivity contribution in [1.29, 1.82) is 0 Å². The molecule has 4 aromatic rings. The van der Waals surface area contributed by atoms with Crippen molar-refractivity contribution < 1.29 is 4.79 Å². The van der Waals surface area contributed by atoms with E-state index in [4.69, 9.17) is 0 Å². The second-order valence-electron chi connectivity index (χ2n) is 7.99. The van der Waals surface area contributed by atoms with Crippen LogP contribution in [0, 0.1) is 0 Å². The molecule has 32 heavy (non-hydrogen) atoms. The van der Waals surface area contributed by atoms with Gasteiger partial charge in [-0.05, 0) is 17.0 Å². The van der Waals surface area contributed by atoms with Crippen molar-refractivity contribution in [2.45, 2.75) is 6.54 Å². The van der Waals surface area contributed by atoms with E-state index in [0.717, 1.165) is 54.2 Å². The van der Waals surface area contributed by atoms with Crippen LogP contribution in [-0.2, 0) is 6.54 Å². The SMILES string of the molecule is CN(C(=O)c1nnc(N2CCNCC2)n1Cc1ccccc1)c1cccc2ccccc12. The molecule has 7 heteroatoms. The van der Waals surface area contributed by atoms with Crippen molar-refractivity contribution in [2.24, 2.45) is 0 Å². The maximum Gasteiger partial charge on any atom is 0.296 e. The van der Waals surface area contributed by atoms with Crippen molar-refractivity contribution in [3.05, 3.63) is 84.2 Å². The Morgan fingerprint density at radius 1 is 0.938 bits per heavy atom. The molecule has 5 rings (SSSR count). The van der Waals surface area contributed by atoms with Crippen LogP contribution in [0.1, 0.15) is 16.2 Å². The van der Waals surface area contributed by atoms with Gasteiger partial charge in [-0.3, -0.25) is 9.36 Å². The number of amides is 1. The molecule has 0 radical (unpaired) electrons. The fourth-order valence-corrected chi connectivity index (χ4v) is 4.22. The first kappa shape index (κ1) is 20.2. The molecule has 1 fully saturated rings. The highest BCUT2D eigenvalue weighted by atomic mass is 16.2. The fraction of sp³-hybridized carbons (Fsp3) is 0.240. The predicted octanol–water partition coefficient (Wildman–Crippen LogP) is 3.17. The highest BCUT2D eigenvalue weighted by Gasteiger charge is 2.26. The molecule has 162 valence electrons. The molecule has 0 spiro atoms. The summed E-state index contributed by atoms with van der Waals surface area (Å²) >= 11 is 0. The number of piperazine rings is 1. The number of nitrogens with one attached hydrogen (secondary N) is 1. The lowest BCUT2D eigenvalue weighted by atomic mass is 10.1. The molecular weight excluding hydrogens is 400 g/mol. The lowest BCUT2D eigenvalue weighted by molar-refractivity contribution is 0.0979. The maximum atomic E-state index is 13.7. The van der Waals surface area contributed by atoms with E-state index in [1.165, 1.54) is 0 Å². The molecular formula is C25H26N6O. The first-order valence-electron chi connectivity index (χ1n) is 10.9. The van der Waals surface area contributed by atoms with E-state index in [1.54, 1.807) is 11.9 Å². The molecule has 1 aliphatic heterocycles. The molecule has 0 atom stereocenters. The number of hydrogen-bond donors (Lipinski definition) is 1. The van der Waals surface area contributed by atoms with E-state index in [0.29, 0.717) is 12.4 Å². The second kappa shape index (κ2) is 8.80. The minimum absolute atomic E-state index is 0.175. The van der Waals surface area contributed by atoms with E-state index in [9.17, 15) is 4.79 Å². The Morgan fingerprint density at radius 3 is 2.47 bits per heavy atom. The molecule has 7 nitrogen and oxygen atoms in total. The van der Waals surface area contributed by atoms with Gasteiger partial charge in [-0.15, -0.1) is 10.2 Å². The largest absolute Gasteiger partial charge is 0.338 e. The topological polar surface area (TPSA) is 66.3 Å². The summed E-state index contributed by atoms with van der Waals surface area (Å²) in [6.45, 7) is 3.98. The predicted molar refractivity (Wildman–Crippen MR) is 127 cm³/mol. The number of carbonyl (C=O) groups excluding carboxylic acids is 1. The van der Waals surface area contributed by atoms with E-state index in [1.807, 2.05) is 53.1 Å². The zero-order chi connectivity index (χ0) is 21.9. The van der Waals surface area contributed by atoms with Crippen LogP contribution in [0.3, 0.4) is 0 Å². The number of anilines is 2. The Kier molecular flexibility index (Phi) is 5.56. The Hall–Kier alpha value is -3.71. The van der Waals surface area contributed by atoms with Crippen LogP contribution in [0.2, 0.25) is 0 Å². The highest BCUT2D eigenvalue weighted by molar-refractivity contribution is 6.09. The summed E-state index contributed by atoms with van der Waals surface area (Å²) in [5.41, 5.74) is 1.96. The highest BCUT2D eigenvalue weighted by Crippen LogP contribution is 2.27. The Balaban J connectivity index is 1.54. The number of nitrogens with zero attached hydrogens (tertiary/aromatic N) is 5. The lowest BCUT2D eigenvalue weighted by Gasteiger charge is -2.28. The summed E-state index contributed by atoms with van der Waals surface area (Å²) in [6, 6.07) is 24.2. The molecule has 1 saturated heterocycles. The van der Waals surface area contributed by atoms with Gasteiger partial charge >= 0.3 is 0 Å².